The van der Waals surface area contributed by atoms with Gasteiger partial charge in [-0.15, -0.1) is 0 Å². The molecule has 4 aliphatic carbocycles. The van der Waals surface area contributed by atoms with E-state index in [1.807, 2.05) is 18.2 Å². The van der Waals surface area contributed by atoms with Gasteiger partial charge in [-0.1, -0.05) is 28.1 Å². The van der Waals surface area contributed by atoms with Gasteiger partial charge in [-0.05, 0) is 67.9 Å². The minimum Gasteiger partial charge on any atom is -0.378 e. The Labute approximate surface area is 170 Å². The van der Waals surface area contributed by atoms with Crippen molar-refractivity contribution in [2.45, 2.75) is 49.3 Å². The van der Waals surface area contributed by atoms with Gasteiger partial charge in [-0.3, -0.25) is 4.79 Å². The number of morpholine rings is 1. The molecule has 1 heterocycles. The third-order valence-corrected chi connectivity index (χ3v) is 8.10. The molecule has 2 unspecified atom stereocenters. The molecule has 4 saturated carbocycles. The van der Waals surface area contributed by atoms with Crippen LogP contribution in [0.1, 0.15) is 44.9 Å². The van der Waals surface area contributed by atoms with E-state index in [9.17, 15) is 4.79 Å². The lowest BCUT2D eigenvalue weighted by molar-refractivity contribution is -0.123. The molecule has 0 spiro atoms. The van der Waals surface area contributed by atoms with Crippen LogP contribution in [0.15, 0.2) is 24.3 Å². The number of hydrogen-bond acceptors (Lipinski definition) is 3. The van der Waals surface area contributed by atoms with Gasteiger partial charge in [-0.25, -0.2) is 0 Å². The number of alkyl halides is 1. The Morgan fingerprint density at radius 1 is 1.15 bits per heavy atom. The molecular formula is C22H29BrN2O2. The van der Waals surface area contributed by atoms with E-state index >= 15 is 0 Å². The lowest BCUT2D eigenvalue weighted by Crippen LogP contribution is -2.53. The van der Waals surface area contributed by atoms with Crippen LogP contribution >= 0.6 is 15.9 Å². The van der Waals surface area contributed by atoms with E-state index in [1.165, 1.54) is 38.5 Å². The van der Waals surface area contributed by atoms with Crippen LogP contribution < -0.4 is 10.2 Å². The molecule has 4 bridgehead atoms. The van der Waals surface area contributed by atoms with Crippen LogP contribution in [0.25, 0.3) is 0 Å². The molecule has 1 aromatic rings. The summed E-state index contributed by atoms with van der Waals surface area (Å²) in [5, 5.41) is 3.26. The molecule has 0 aromatic heterocycles. The number of carbonyl (C=O) groups is 1. The van der Waals surface area contributed by atoms with Crippen molar-refractivity contribution in [1.29, 1.82) is 0 Å². The number of halogens is 1. The van der Waals surface area contributed by atoms with E-state index < -0.39 is 0 Å². The van der Waals surface area contributed by atoms with E-state index in [1.54, 1.807) is 0 Å². The molecule has 2 atom stereocenters. The Balaban J connectivity index is 1.30. The van der Waals surface area contributed by atoms with Gasteiger partial charge >= 0.3 is 0 Å². The molecule has 5 heteroatoms. The van der Waals surface area contributed by atoms with Crippen molar-refractivity contribution < 1.29 is 9.53 Å². The summed E-state index contributed by atoms with van der Waals surface area (Å²) in [6, 6.07) is 8.21. The van der Waals surface area contributed by atoms with Gasteiger partial charge in [-0.2, -0.15) is 0 Å². The number of nitrogens with one attached hydrogen (secondary N) is 1. The largest absolute Gasteiger partial charge is 0.378 e. The molecule has 1 aromatic carbocycles. The van der Waals surface area contributed by atoms with Crippen molar-refractivity contribution in [3.63, 3.8) is 0 Å². The Kier molecular flexibility index (Phi) is 4.51. The van der Waals surface area contributed by atoms with Crippen molar-refractivity contribution in [3.05, 3.63) is 24.3 Å². The van der Waals surface area contributed by atoms with Crippen LogP contribution in [0.5, 0.6) is 0 Å². The van der Waals surface area contributed by atoms with Crippen LogP contribution in [0.2, 0.25) is 0 Å². The maximum Gasteiger partial charge on any atom is 0.224 e. The molecule has 5 aliphatic rings. The molecule has 4 nitrogen and oxygen atoms in total. The molecule has 1 N–H and O–H groups in total. The zero-order chi connectivity index (χ0) is 18.5. The number of anilines is 2. The number of nitrogens with zero attached hydrogens (tertiary/aromatic N) is 1. The molecule has 6 rings (SSSR count). The second-order valence-corrected chi connectivity index (χ2v) is 11.1. The zero-order valence-corrected chi connectivity index (χ0v) is 17.5. The number of rotatable bonds is 4. The summed E-state index contributed by atoms with van der Waals surface area (Å²) in [6.45, 7) is 3.27. The highest BCUT2D eigenvalue weighted by Crippen LogP contribution is 2.65. The highest BCUT2D eigenvalue weighted by atomic mass is 79.9. The number of para-hydroxylation sites is 2. The van der Waals surface area contributed by atoms with E-state index in [-0.39, 0.29) is 11.3 Å². The predicted molar refractivity (Wildman–Crippen MR) is 111 cm³/mol. The summed E-state index contributed by atoms with van der Waals surface area (Å²) >= 11 is 4.06. The van der Waals surface area contributed by atoms with Crippen LogP contribution in [-0.4, -0.2) is 36.5 Å². The Hall–Kier alpha value is -1.07. The van der Waals surface area contributed by atoms with Crippen LogP contribution in [0.3, 0.4) is 0 Å². The van der Waals surface area contributed by atoms with Crippen LogP contribution in [0.4, 0.5) is 11.4 Å². The Morgan fingerprint density at radius 3 is 2.56 bits per heavy atom. The van der Waals surface area contributed by atoms with E-state index in [4.69, 9.17) is 4.74 Å². The summed E-state index contributed by atoms with van der Waals surface area (Å²) in [4.78, 5) is 15.4. The minimum absolute atomic E-state index is 0.189. The standard InChI is InChI=1S/C22H29BrN2O2/c23-22-12-16-9-17(13-22)11-21(10-16,15-22)14-20(26)24-18-3-1-2-4-19(18)25-5-7-27-8-6-25/h1-4,16-17H,5-15H2,(H,24,26). The average molecular weight is 433 g/mol. The van der Waals surface area contributed by atoms with Crippen molar-refractivity contribution in [3.8, 4) is 0 Å². The summed E-state index contributed by atoms with van der Waals surface area (Å²) in [5.74, 6) is 1.83. The fourth-order valence-corrected chi connectivity index (χ4v) is 8.25. The average Bonchev–Trinajstić information content (AvgIpc) is 2.60. The van der Waals surface area contributed by atoms with Gasteiger partial charge in [0, 0.05) is 23.8 Å². The first-order valence-corrected chi connectivity index (χ1v) is 11.2. The van der Waals surface area contributed by atoms with Gasteiger partial charge in [0.15, 0.2) is 0 Å². The fraction of sp³-hybridized carbons (Fsp3) is 0.682. The number of ether oxygens (including phenoxy) is 1. The van der Waals surface area contributed by atoms with E-state index in [2.05, 4.69) is 32.2 Å². The van der Waals surface area contributed by atoms with Crippen LogP contribution in [-0.2, 0) is 9.53 Å². The summed E-state index contributed by atoms with van der Waals surface area (Å²) < 4.78 is 5.79. The highest BCUT2D eigenvalue weighted by molar-refractivity contribution is 9.10. The number of hydrogen-bond donors (Lipinski definition) is 1. The third kappa shape index (κ3) is 3.53. The maximum absolute atomic E-state index is 13.1. The molecule has 1 saturated heterocycles. The lowest BCUT2D eigenvalue weighted by atomic mass is 9.48. The van der Waals surface area contributed by atoms with Gasteiger partial charge in [0.25, 0.3) is 0 Å². The predicted octanol–water partition coefficient (Wildman–Crippen LogP) is 4.59. The van der Waals surface area contributed by atoms with Gasteiger partial charge in [0.2, 0.25) is 5.91 Å². The Morgan fingerprint density at radius 2 is 1.85 bits per heavy atom. The smallest absolute Gasteiger partial charge is 0.224 e. The first-order valence-electron chi connectivity index (χ1n) is 10.4. The fourth-order valence-electron chi connectivity index (χ4n) is 6.74. The molecule has 0 radical (unpaired) electrons. The minimum atomic E-state index is 0.189. The van der Waals surface area contributed by atoms with E-state index in [0.717, 1.165) is 49.5 Å². The normalized spacial score (nSPS) is 37.4. The summed E-state index contributed by atoms with van der Waals surface area (Å²) in [7, 11) is 0. The molecular weight excluding hydrogens is 404 g/mol. The molecule has 5 fully saturated rings. The van der Waals surface area contributed by atoms with E-state index in [0.29, 0.717) is 10.7 Å². The molecule has 1 amide bonds. The van der Waals surface area contributed by atoms with Crippen LogP contribution in [0, 0.1) is 17.3 Å². The second-order valence-electron chi connectivity index (χ2n) is 9.45. The highest BCUT2D eigenvalue weighted by Gasteiger charge is 2.57. The Bertz CT molecular complexity index is 717. The lowest BCUT2D eigenvalue weighted by Gasteiger charge is -2.60. The number of benzene rings is 1. The SMILES string of the molecule is O=C(CC12CC3CC(CC(Br)(C3)C1)C2)Nc1ccccc1N1CCOCC1. The molecule has 146 valence electrons. The quantitative estimate of drug-likeness (QED) is 0.707. The third-order valence-electron chi connectivity index (χ3n) is 7.18. The topological polar surface area (TPSA) is 41.6 Å². The molecule has 27 heavy (non-hydrogen) atoms. The van der Waals surface area contributed by atoms with Crippen molar-refractivity contribution in [2.75, 3.05) is 36.5 Å². The summed E-state index contributed by atoms with van der Waals surface area (Å²) in [5.41, 5.74) is 2.28. The molecule has 1 aliphatic heterocycles. The number of carbonyl (C=O) groups excluding carboxylic acids is 1. The van der Waals surface area contributed by atoms with Gasteiger partial charge < -0.3 is 15.0 Å². The summed E-state index contributed by atoms with van der Waals surface area (Å²) in [6.07, 6.45) is 8.34. The second kappa shape index (κ2) is 6.77. The van der Waals surface area contributed by atoms with Gasteiger partial charge in [0.1, 0.15) is 0 Å². The first-order chi connectivity index (χ1) is 13.0. The first kappa shape index (κ1) is 18.0. The monoisotopic (exact) mass is 432 g/mol. The maximum atomic E-state index is 13.1. The van der Waals surface area contributed by atoms with Crippen molar-refractivity contribution in [2.24, 2.45) is 17.3 Å². The van der Waals surface area contributed by atoms with Crippen molar-refractivity contribution in [1.82, 2.24) is 0 Å². The van der Waals surface area contributed by atoms with Gasteiger partial charge in [0.05, 0.1) is 24.6 Å². The van der Waals surface area contributed by atoms with Crippen molar-refractivity contribution >= 4 is 33.2 Å². The number of amides is 1. The zero-order valence-electron chi connectivity index (χ0n) is 15.9.